The van der Waals surface area contributed by atoms with Crippen LogP contribution in [0.2, 0.25) is 10.0 Å². The van der Waals surface area contributed by atoms with Gasteiger partial charge in [-0.25, -0.2) is 10.2 Å². The summed E-state index contributed by atoms with van der Waals surface area (Å²) in [5.41, 5.74) is 4.28. The number of carbonyl (C=O) groups is 4. The zero-order valence-electron chi connectivity index (χ0n) is 22.9. The SMILES string of the molecule is CC1=NC(COCCNC(=O)COc2ccc(C3=NNC(=O)CC3)cc2Cl)=C(C(=O)O)C(c2ccccc2Cl)C1C(=O)O. The van der Waals surface area contributed by atoms with E-state index in [9.17, 15) is 29.4 Å². The quantitative estimate of drug-likeness (QED) is 0.258. The molecule has 0 bridgehead atoms. The van der Waals surface area contributed by atoms with Crippen LogP contribution in [0.5, 0.6) is 5.75 Å². The van der Waals surface area contributed by atoms with Gasteiger partial charge >= 0.3 is 11.9 Å². The fraction of sp³-hybridized carbons (Fsp3) is 0.310. The summed E-state index contributed by atoms with van der Waals surface area (Å²) >= 11 is 12.6. The van der Waals surface area contributed by atoms with Crippen molar-refractivity contribution in [2.75, 3.05) is 26.4 Å². The van der Waals surface area contributed by atoms with Crippen LogP contribution >= 0.6 is 23.2 Å². The first-order chi connectivity index (χ1) is 20.6. The number of nitrogens with one attached hydrogen (secondary N) is 2. The minimum absolute atomic E-state index is 0.0178. The van der Waals surface area contributed by atoms with Crippen molar-refractivity contribution in [3.8, 4) is 5.75 Å². The summed E-state index contributed by atoms with van der Waals surface area (Å²) in [7, 11) is 0. The molecule has 226 valence electrons. The third kappa shape index (κ3) is 7.78. The van der Waals surface area contributed by atoms with Crippen LogP contribution in [-0.2, 0) is 23.9 Å². The average molecular weight is 631 g/mol. The number of halogens is 2. The van der Waals surface area contributed by atoms with Crippen molar-refractivity contribution >= 4 is 58.4 Å². The van der Waals surface area contributed by atoms with Crippen LogP contribution in [0.25, 0.3) is 0 Å². The Kier molecular flexibility index (Phi) is 10.5. The van der Waals surface area contributed by atoms with Crippen LogP contribution in [0, 0.1) is 5.92 Å². The molecule has 2 atom stereocenters. The zero-order valence-corrected chi connectivity index (χ0v) is 24.4. The predicted molar refractivity (Wildman–Crippen MR) is 158 cm³/mol. The minimum atomic E-state index is -1.33. The molecule has 2 amide bonds. The molecule has 0 aromatic heterocycles. The summed E-state index contributed by atoms with van der Waals surface area (Å²) in [6.07, 6.45) is 0.816. The minimum Gasteiger partial charge on any atom is -0.482 e. The molecule has 2 aromatic rings. The number of rotatable bonds is 12. The Hall–Kier alpha value is -4.26. The van der Waals surface area contributed by atoms with Gasteiger partial charge in [-0.15, -0.1) is 0 Å². The van der Waals surface area contributed by atoms with Crippen LogP contribution < -0.4 is 15.5 Å². The number of aliphatic carboxylic acids is 2. The monoisotopic (exact) mass is 630 g/mol. The first kappa shape index (κ1) is 31.7. The predicted octanol–water partition coefficient (Wildman–Crippen LogP) is 3.42. The van der Waals surface area contributed by atoms with E-state index in [1.54, 1.807) is 42.5 Å². The summed E-state index contributed by atoms with van der Waals surface area (Å²) < 4.78 is 11.1. The normalized spacial score (nSPS) is 18.3. The Morgan fingerprint density at radius 1 is 1.09 bits per heavy atom. The number of aliphatic imine (C=N–C) groups is 1. The van der Waals surface area contributed by atoms with Crippen LogP contribution in [0.4, 0.5) is 0 Å². The number of hydrazone groups is 1. The van der Waals surface area contributed by atoms with Crippen molar-refractivity contribution in [2.24, 2.45) is 16.0 Å². The molecule has 4 N–H and O–H groups in total. The smallest absolute Gasteiger partial charge is 0.334 e. The van der Waals surface area contributed by atoms with E-state index in [-0.39, 0.29) is 59.3 Å². The molecule has 2 unspecified atom stereocenters. The van der Waals surface area contributed by atoms with E-state index >= 15 is 0 Å². The summed E-state index contributed by atoms with van der Waals surface area (Å²) in [6.45, 7) is 1.08. The molecule has 2 aromatic carbocycles. The first-order valence-electron chi connectivity index (χ1n) is 13.2. The number of benzene rings is 2. The number of hydrogen-bond donors (Lipinski definition) is 4. The summed E-state index contributed by atoms with van der Waals surface area (Å²) in [6, 6.07) is 11.5. The number of hydrogen-bond acceptors (Lipinski definition) is 8. The van der Waals surface area contributed by atoms with E-state index < -0.39 is 29.7 Å². The third-order valence-corrected chi connectivity index (χ3v) is 7.43. The molecule has 14 heteroatoms. The van der Waals surface area contributed by atoms with E-state index in [2.05, 4.69) is 20.8 Å². The lowest BCUT2D eigenvalue weighted by atomic mass is 9.75. The Morgan fingerprint density at radius 3 is 2.51 bits per heavy atom. The molecule has 0 radical (unpaired) electrons. The van der Waals surface area contributed by atoms with Crippen LogP contribution in [0.15, 0.2) is 63.8 Å². The number of nitrogens with zero attached hydrogens (tertiary/aromatic N) is 2. The molecule has 0 fully saturated rings. The highest BCUT2D eigenvalue weighted by molar-refractivity contribution is 6.32. The van der Waals surface area contributed by atoms with E-state index in [1.807, 2.05) is 0 Å². The van der Waals surface area contributed by atoms with Gasteiger partial charge in [0, 0.05) is 36.0 Å². The maximum atomic E-state index is 12.3. The van der Waals surface area contributed by atoms with Crippen molar-refractivity contribution in [3.05, 3.63) is 74.9 Å². The van der Waals surface area contributed by atoms with Gasteiger partial charge in [-0.3, -0.25) is 19.4 Å². The highest BCUT2D eigenvalue weighted by Gasteiger charge is 2.42. The van der Waals surface area contributed by atoms with E-state index in [0.29, 0.717) is 29.9 Å². The molecular formula is C29H28Cl2N4O8. The molecule has 0 saturated carbocycles. The fourth-order valence-electron chi connectivity index (χ4n) is 4.79. The topological polar surface area (TPSA) is 176 Å². The number of ether oxygens (including phenoxy) is 2. The molecule has 2 aliphatic rings. The lowest BCUT2D eigenvalue weighted by molar-refractivity contribution is -0.140. The number of amides is 2. The second-order valence-electron chi connectivity index (χ2n) is 9.66. The summed E-state index contributed by atoms with van der Waals surface area (Å²) in [5, 5.41) is 27.1. The average Bonchev–Trinajstić information content (AvgIpc) is 2.96. The number of carbonyl (C=O) groups excluding carboxylic acids is 2. The molecule has 2 aliphatic heterocycles. The van der Waals surface area contributed by atoms with Gasteiger partial charge in [-0.1, -0.05) is 41.4 Å². The molecule has 0 spiro atoms. The molecule has 2 heterocycles. The maximum Gasteiger partial charge on any atom is 0.334 e. The van der Waals surface area contributed by atoms with Gasteiger partial charge < -0.3 is 25.0 Å². The molecule has 12 nitrogen and oxygen atoms in total. The number of carboxylic acids is 2. The molecule has 0 saturated heterocycles. The van der Waals surface area contributed by atoms with Crippen molar-refractivity contribution in [2.45, 2.75) is 25.7 Å². The van der Waals surface area contributed by atoms with E-state index in [0.717, 1.165) is 5.56 Å². The Morgan fingerprint density at radius 2 is 1.86 bits per heavy atom. The van der Waals surface area contributed by atoms with Gasteiger partial charge in [0.2, 0.25) is 5.91 Å². The largest absolute Gasteiger partial charge is 0.482 e. The summed E-state index contributed by atoms with van der Waals surface area (Å²) in [4.78, 5) is 52.2. The lowest BCUT2D eigenvalue weighted by Gasteiger charge is -2.30. The standard InChI is InChI=1S/C29H28Cl2N4O8/c1-15-25(28(38)39)26(17-4-2-3-5-18(17)30)27(29(40)41)21(33-15)13-42-11-10-32-24(37)14-43-22-8-6-16(12-19(22)31)20-7-9-23(36)35-34-20/h2-6,8,12,25-26H,7,9-11,13-14H2,1H3,(H,32,37)(H,35,36)(H,38,39)(H,40,41). The second-order valence-corrected chi connectivity index (χ2v) is 10.5. The molecule has 4 rings (SSSR count). The van der Waals surface area contributed by atoms with E-state index in [4.69, 9.17) is 32.7 Å². The van der Waals surface area contributed by atoms with Crippen LogP contribution in [0.1, 0.15) is 36.8 Å². The van der Waals surface area contributed by atoms with Gasteiger partial charge in [0.15, 0.2) is 6.61 Å². The Labute approximate surface area is 256 Å². The highest BCUT2D eigenvalue weighted by atomic mass is 35.5. The second kappa shape index (κ2) is 14.3. The van der Waals surface area contributed by atoms with Gasteiger partial charge in [0.25, 0.3) is 5.91 Å². The van der Waals surface area contributed by atoms with Crippen molar-refractivity contribution in [1.29, 1.82) is 0 Å². The maximum absolute atomic E-state index is 12.3. The Bertz CT molecular complexity index is 1540. The lowest BCUT2D eigenvalue weighted by Crippen LogP contribution is -2.36. The number of carboxylic acid groups (broad SMARTS) is 2. The Balaban J connectivity index is 1.31. The molecule has 0 aliphatic carbocycles. The van der Waals surface area contributed by atoms with Gasteiger partial charge in [0.1, 0.15) is 11.7 Å². The van der Waals surface area contributed by atoms with Gasteiger partial charge in [-0.05, 0) is 42.3 Å². The van der Waals surface area contributed by atoms with Gasteiger partial charge in [0.05, 0.1) is 35.2 Å². The summed E-state index contributed by atoms with van der Waals surface area (Å²) in [5.74, 6) is -5.15. The van der Waals surface area contributed by atoms with Crippen molar-refractivity contribution in [1.82, 2.24) is 10.7 Å². The highest BCUT2D eigenvalue weighted by Crippen LogP contribution is 2.41. The molecular weight excluding hydrogens is 603 g/mol. The van der Waals surface area contributed by atoms with Gasteiger partial charge in [-0.2, -0.15) is 5.10 Å². The van der Waals surface area contributed by atoms with Crippen molar-refractivity contribution in [3.63, 3.8) is 0 Å². The zero-order chi connectivity index (χ0) is 31.1. The molecule has 43 heavy (non-hydrogen) atoms. The third-order valence-electron chi connectivity index (χ3n) is 6.79. The van der Waals surface area contributed by atoms with Crippen molar-refractivity contribution < 1.29 is 38.9 Å². The van der Waals surface area contributed by atoms with Crippen LogP contribution in [0.3, 0.4) is 0 Å². The van der Waals surface area contributed by atoms with E-state index in [1.165, 1.54) is 6.92 Å². The van der Waals surface area contributed by atoms with Crippen LogP contribution in [-0.4, -0.2) is 71.8 Å². The fourth-order valence-corrected chi connectivity index (χ4v) is 5.27. The first-order valence-corrected chi connectivity index (χ1v) is 13.9.